The second kappa shape index (κ2) is 11.6. The molecule has 3 aromatic carbocycles. The lowest BCUT2D eigenvalue weighted by Gasteiger charge is -2.07. The summed E-state index contributed by atoms with van der Waals surface area (Å²) < 4.78 is 8.14. The zero-order valence-electron chi connectivity index (χ0n) is 21.4. The maximum absolute atomic E-state index is 5.89. The van der Waals surface area contributed by atoms with E-state index in [4.69, 9.17) is 9.72 Å². The lowest BCUT2D eigenvalue weighted by Crippen LogP contribution is -2.03. The summed E-state index contributed by atoms with van der Waals surface area (Å²) in [6.45, 7) is 5.75. The number of anilines is 1. The molecule has 37 heavy (non-hydrogen) atoms. The Hall–Kier alpha value is -4.26. The highest BCUT2D eigenvalue weighted by Gasteiger charge is 2.14. The van der Waals surface area contributed by atoms with Gasteiger partial charge in [-0.2, -0.15) is 10.1 Å². The van der Waals surface area contributed by atoms with Gasteiger partial charge in [-0.3, -0.25) is 0 Å². The van der Waals surface area contributed by atoms with Crippen LogP contribution in [0.3, 0.4) is 0 Å². The van der Waals surface area contributed by atoms with E-state index in [-0.39, 0.29) is 0 Å². The molecule has 188 valence electrons. The predicted molar refractivity (Wildman–Crippen MR) is 150 cm³/mol. The van der Waals surface area contributed by atoms with E-state index >= 15 is 0 Å². The van der Waals surface area contributed by atoms with Crippen molar-refractivity contribution in [2.75, 3.05) is 5.43 Å². The van der Waals surface area contributed by atoms with E-state index in [1.807, 2.05) is 30.3 Å². The number of unbranched alkanes of at least 4 members (excludes halogenated alkanes) is 3. The molecule has 0 unspecified atom stereocenters. The minimum atomic E-state index is 0.374. The largest absolute Gasteiger partial charge is 0.489 e. The van der Waals surface area contributed by atoms with Crippen LogP contribution in [0.25, 0.3) is 22.1 Å². The van der Waals surface area contributed by atoms with Crippen molar-refractivity contribution in [2.45, 2.75) is 52.7 Å². The summed E-state index contributed by atoms with van der Waals surface area (Å²) in [6, 6.07) is 24.5. The van der Waals surface area contributed by atoms with E-state index < -0.39 is 0 Å². The monoisotopic (exact) mass is 492 g/mol. The van der Waals surface area contributed by atoms with E-state index in [1.165, 1.54) is 24.8 Å². The van der Waals surface area contributed by atoms with Crippen LogP contribution in [-0.2, 0) is 13.2 Å². The highest BCUT2D eigenvalue weighted by molar-refractivity contribution is 6.04. The molecule has 0 aliphatic carbocycles. The summed E-state index contributed by atoms with van der Waals surface area (Å²) in [6.07, 6.45) is 6.50. The van der Waals surface area contributed by atoms with Crippen molar-refractivity contribution in [3.05, 3.63) is 89.5 Å². The summed E-state index contributed by atoms with van der Waals surface area (Å²) in [4.78, 5) is 4.76. The first-order valence-electron chi connectivity index (χ1n) is 12.9. The number of aromatic nitrogens is 4. The van der Waals surface area contributed by atoms with Crippen molar-refractivity contribution in [1.29, 1.82) is 0 Å². The van der Waals surface area contributed by atoms with Crippen LogP contribution in [0, 0.1) is 6.92 Å². The molecule has 0 aliphatic rings. The Kier molecular flexibility index (Phi) is 7.69. The number of nitrogens with zero attached hydrogens (tertiary/aromatic N) is 5. The van der Waals surface area contributed by atoms with Gasteiger partial charge >= 0.3 is 0 Å². The van der Waals surface area contributed by atoms with Crippen LogP contribution in [0.4, 0.5) is 5.95 Å². The minimum Gasteiger partial charge on any atom is -0.489 e. The first-order valence-corrected chi connectivity index (χ1v) is 12.9. The molecule has 0 saturated heterocycles. The third kappa shape index (κ3) is 5.94. The minimum absolute atomic E-state index is 0.374. The lowest BCUT2D eigenvalue weighted by molar-refractivity contribution is 0.306. The van der Waals surface area contributed by atoms with Gasteiger partial charge in [-0.15, -0.1) is 10.2 Å². The van der Waals surface area contributed by atoms with Crippen LogP contribution >= 0.6 is 0 Å². The molecule has 5 aromatic rings. The zero-order valence-corrected chi connectivity index (χ0v) is 21.4. The van der Waals surface area contributed by atoms with Gasteiger partial charge in [0.15, 0.2) is 5.65 Å². The van der Waals surface area contributed by atoms with Crippen molar-refractivity contribution >= 4 is 34.2 Å². The van der Waals surface area contributed by atoms with Crippen molar-refractivity contribution < 1.29 is 4.74 Å². The number of fused-ring (bicyclic) bond motifs is 3. The maximum Gasteiger partial charge on any atom is 0.265 e. The Balaban J connectivity index is 1.25. The number of hydrogen-bond acceptors (Lipinski definition) is 6. The molecule has 0 atom stereocenters. The molecule has 1 N–H and O–H groups in total. The van der Waals surface area contributed by atoms with Crippen LogP contribution in [0.1, 0.15) is 49.3 Å². The van der Waals surface area contributed by atoms with E-state index in [9.17, 15) is 0 Å². The van der Waals surface area contributed by atoms with E-state index in [0.717, 1.165) is 51.9 Å². The SMILES string of the molecule is CCCCCCn1c2ccccc2c2nnc(N/N=C/c3ccc(OCc4ccc(C)cc4)cc3)nc21. The fourth-order valence-corrected chi connectivity index (χ4v) is 4.34. The van der Waals surface area contributed by atoms with Crippen molar-refractivity contribution in [3.63, 3.8) is 0 Å². The predicted octanol–water partition coefficient (Wildman–Crippen LogP) is 6.89. The average molecular weight is 493 g/mol. The molecule has 0 saturated carbocycles. The fraction of sp³-hybridized carbons (Fsp3) is 0.267. The van der Waals surface area contributed by atoms with Gasteiger partial charge < -0.3 is 9.30 Å². The molecular weight excluding hydrogens is 460 g/mol. The lowest BCUT2D eigenvalue weighted by atomic mass is 10.2. The van der Waals surface area contributed by atoms with Gasteiger partial charge in [0.1, 0.15) is 17.9 Å². The van der Waals surface area contributed by atoms with Crippen LogP contribution in [0.15, 0.2) is 77.9 Å². The Bertz CT molecular complexity index is 1490. The number of benzene rings is 3. The Morgan fingerprint density at radius 2 is 1.73 bits per heavy atom. The molecule has 2 heterocycles. The molecule has 2 aromatic heterocycles. The highest BCUT2D eigenvalue weighted by Crippen LogP contribution is 2.27. The molecule has 0 radical (unpaired) electrons. The van der Waals surface area contributed by atoms with E-state index in [0.29, 0.717) is 12.6 Å². The Morgan fingerprint density at radius 1 is 0.919 bits per heavy atom. The first kappa shape index (κ1) is 24.4. The quantitative estimate of drug-likeness (QED) is 0.123. The normalized spacial score (nSPS) is 11.5. The number of hydrazone groups is 1. The Labute approximate surface area is 217 Å². The summed E-state index contributed by atoms with van der Waals surface area (Å²) in [5.41, 5.74) is 9.06. The number of ether oxygens (including phenoxy) is 1. The summed E-state index contributed by atoms with van der Waals surface area (Å²) >= 11 is 0. The summed E-state index contributed by atoms with van der Waals surface area (Å²) in [5, 5.41) is 14.1. The molecule has 0 bridgehead atoms. The van der Waals surface area contributed by atoms with E-state index in [2.05, 4.69) is 81.6 Å². The van der Waals surface area contributed by atoms with Gasteiger partial charge in [0.2, 0.25) is 0 Å². The molecular formula is C30H32N6O. The molecule has 0 fully saturated rings. The number of rotatable bonds is 11. The van der Waals surface area contributed by atoms with Crippen molar-refractivity contribution in [3.8, 4) is 5.75 Å². The van der Waals surface area contributed by atoms with Crippen LogP contribution in [0.5, 0.6) is 5.75 Å². The first-order chi connectivity index (χ1) is 18.2. The van der Waals surface area contributed by atoms with Crippen molar-refractivity contribution in [1.82, 2.24) is 19.7 Å². The van der Waals surface area contributed by atoms with Gasteiger partial charge in [-0.1, -0.05) is 74.2 Å². The second-order valence-electron chi connectivity index (χ2n) is 9.25. The highest BCUT2D eigenvalue weighted by atomic mass is 16.5. The van der Waals surface area contributed by atoms with Crippen molar-refractivity contribution in [2.24, 2.45) is 5.10 Å². The second-order valence-corrected chi connectivity index (χ2v) is 9.25. The molecule has 0 spiro atoms. The summed E-state index contributed by atoms with van der Waals surface area (Å²) in [5.74, 6) is 1.19. The van der Waals surface area contributed by atoms with Gasteiger partial charge in [-0.25, -0.2) is 5.43 Å². The van der Waals surface area contributed by atoms with Crippen LogP contribution in [0.2, 0.25) is 0 Å². The molecule has 0 amide bonds. The van der Waals surface area contributed by atoms with Gasteiger partial charge in [0.25, 0.3) is 5.95 Å². The molecule has 5 rings (SSSR count). The summed E-state index contributed by atoms with van der Waals surface area (Å²) in [7, 11) is 0. The molecule has 0 aliphatic heterocycles. The smallest absolute Gasteiger partial charge is 0.265 e. The van der Waals surface area contributed by atoms with Gasteiger partial charge in [0.05, 0.1) is 11.7 Å². The van der Waals surface area contributed by atoms with Gasteiger partial charge in [-0.05, 0) is 54.8 Å². The average Bonchev–Trinajstić information content (AvgIpc) is 3.24. The van der Waals surface area contributed by atoms with E-state index in [1.54, 1.807) is 6.21 Å². The molecule has 7 nitrogen and oxygen atoms in total. The van der Waals surface area contributed by atoms with Crippen LogP contribution in [-0.4, -0.2) is 26.0 Å². The third-order valence-corrected chi connectivity index (χ3v) is 6.39. The van der Waals surface area contributed by atoms with Gasteiger partial charge in [0, 0.05) is 11.9 Å². The number of aryl methyl sites for hydroxylation is 2. The number of hydrogen-bond donors (Lipinski definition) is 1. The van der Waals surface area contributed by atoms with Crippen LogP contribution < -0.4 is 10.2 Å². The fourth-order valence-electron chi connectivity index (χ4n) is 4.34. The topological polar surface area (TPSA) is 77.2 Å². The number of nitrogens with one attached hydrogen (secondary N) is 1. The number of para-hydroxylation sites is 1. The zero-order chi connectivity index (χ0) is 25.5. The Morgan fingerprint density at radius 3 is 2.54 bits per heavy atom. The standard InChI is InChI=1S/C30H32N6O/c1-3-4-5-8-19-36-27-10-7-6-9-26(27)28-29(36)32-30(35-33-28)34-31-20-23-15-17-25(18-16-23)37-21-24-13-11-22(2)12-14-24/h6-7,9-18,20H,3-5,8,19,21H2,1-2H3,(H,32,34,35)/b31-20+. The third-order valence-electron chi connectivity index (χ3n) is 6.39. The maximum atomic E-state index is 5.89. The molecule has 7 heteroatoms.